The molecule has 1 aromatic rings. The second-order valence-corrected chi connectivity index (χ2v) is 5.27. The lowest BCUT2D eigenvalue weighted by atomic mass is 9.77. The molecule has 0 atom stereocenters. The van der Waals surface area contributed by atoms with Crippen LogP contribution >= 0.6 is 0 Å². The summed E-state index contributed by atoms with van der Waals surface area (Å²) in [5, 5.41) is 0. The average Bonchev–Trinajstić information content (AvgIpc) is 2.48. The maximum absolute atomic E-state index is 11.3. The number of methoxy groups -OCH3 is 2. The van der Waals surface area contributed by atoms with Crippen LogP contribution in [-0.4, -0.2) is 20.2 Å². The van der Waals surface area contributed by atoms with E-state index in [2.05, 4.69) is 12.1 Å². The normalized spacial score (nSPS) is 22.8. The molecule has 104 valence electrons. The molecule has 19 heavy (non-hydrogen) atoms. The highest BCUT2D eigenvalue weighted by Gasteiger charge is 2.24. The van der Waals surface area contributed by atoms with Crippen LogP contribution in [0.4, 0.5) is 0 Å². The van der Waals surface area contributed by atoms with Crippen LogP contribution in [0.2, 0.25) is 0 Å². The number of rotatable bonds is 4. The van der Waals surface area contributed by atoms with Gasteiger partial charge in [0.15, 0.2) is 0 Å². The third-order valence-corrected chi connectivity index (χ3v) is 4.12. The first-order valence-electron chi connectivity index (χ1n) is 6.93. The second kappa shape index (κ2) is 6.60. The molecule has 1 aromatic carbocycles. The molecular weight excluding hydrogens is 240 g/mol. The zero-order valence-electron chi connectivity index (χ0n) is 11.7. The van der Waals surface area contributed by atoms with Crippen LogP contribution < -0.4 is 4.74 Å². The summed E-state index contributed by atoms with van der Waals surface area (Å²) >= 11 is 0. The second-order valence-electron chi connectivity index (χ2n) is 5.27. The topological polar surface area (TPSA) is 35.5 Å². The smallest absolute Gasteiger partial charge is 0.305 e. The van der Waals surface area contributed by atoms with E-state index in [1.165, 1.54) is 12.7 Å². The summed E-state index contributed by atoms with van der Waals surface area (Å²) < 4.78 is 9.92. The monoisotopic (exact) mass is 262 g/mol. The van der Waals surface area contributed by atoms with E-state index in [-0.39, 0.29) is 5.97 Å². The number of hydrogen-bond donors (Lipinski definition) is 0. The molecule has 0 bridgehead atoms. The number of ether oxygens (including phenoxy) is 2. The Bertz CT molecular complexity index is 403. The van der Waals surface area contributed by atoms with E-state index in [1.54, 1.807) is 7.11 Å². The number of benzene rings is 1. The zero-order valence-corrected chi connectivity index (χ0v) is 11.7. The van der Waals surface area contributed by atoms with Gasteiger partial charge in [0.1, 0.15) is 5.75 Å². The molecule has 0 saturated heterocycles. The van der Waals surface area contributed by atoms with Gasteiger partial charge in [0.2, 0.25) is 0 Å². The van der Waals surface area contributed by atoms with Crippen LogP contribution in [-0.2, 0) is 9.53 Å². The van der Waals surface area contributed by atoms with Crippen molar-refractivity contribution < 1.29 is 14.3 Å². The summed E-state index contributed by atoms with van der Waals surface area (Å²) in [6, 6.07) is 8.36. The Balaban J connectivity index is 1.86. The number of carbonyl (C=O) groups is 1. The molecule has 1 saturated carbocycles. The summed E-state index contributed by atoms with van der Waals surface area (Å²) in [7, 11) is 3.15. The Kier molecular flexibility index (Phi) is 4.83. The van der Waals surface area contributed by atoms with Crippen molar-refractivity contribution in [2.45, 2.75) is 38.0 Å². The van der Waals surface area contributed by atoms with Crippen molar-refractivity contribution in [3.05, 3.63) is 29.8 Å². The molecule has 1 aliphatic rings. The minimum Gasteiger partial charge on any atom is -0.497 e. The standard InChI is InChI=1S/C16H22O3/c1-18-15-9-7-14(8-10-15)13-5-3-12(4-6-13)11-16(17)19-2/h7-10,12-13H,3-6,11H2,1-2H3. The predicted octanol–water partition coefficient (Wildman–Crippen LogP) is 3.53. The SMILES string of the molecule is COC(=O)CC1CCC(c2ccc(OC)cc2)CC1. The summed E-state index contributed by atoms with van der Waals surface area (Å²) in [6.07, 6.45) is 5.13. The average molecular weight is 262 g/mol. The van der Waals surface area contributed by atoms with Crippen molar-refractivity contribution in [1.29, 1.82) is 0 Å². The highest BCUT2D eigenvalue weighted by molar-refractivity contribution is 5.69. The van der Waals surface area contributed by atoms with Crippen molar-refractivity contribution in [1.82, 2.24) is 0 Å². The third kappa shape index (κ3) is 3.72. The van der Waals surface area contributed by atoms with Crippen LogP contribution in [0.25, 0.3) is 0 Å². The summed E-state index contributed by atoms with van der Waals surface area (Å²) in [4.78, 5) is 11.3. The highest BCUT2D eigenvalue weighted by Crippen LogP contribution is 2.37. The first-order chi connectivity index (χ1) is 9.22. The van der Waals surface area contributed by atoms with E-state index in [1.807, 2.05) is 12.1 Å². The van der Waals surface area contributed by atoms with Crippen molar-refractivity contribution >= 4 is 5.97 Å². The van der Waals surface area contributed by atoms with Gasteiger partial charge < -0.3 is 9.47 Å². The van der Waals surface area contributed by atoms with Gasteiger partial charge in [-0.3, -0.25) is 4.79 Å². The number of hydrogen-bond acceptors (Lipinski definition) is 3. The molecule has 0 aliphatic heterocycles. The maximum Gasteiger partial charge on any atom is 0.305 e. The third-order valence-electron chi connectivity index (χ3n) is 4.12. The predicted molar refractivity (Wildman–Crippen MR) is 74.3 cm³/mol. The summed E-state index contributed by atoms with van der Waals surface area (Å²) in [5.41, 5.74) is 1.39. The molecule has 1 fully saturated rings. The Labute approximate surface area is 114 Å². The molecule has 0 aromatic heterocycles. The van der Waals surface area contributed by atoms with Crippen LogP contribution in [0, 0.1) is 5.92 Å². The van der Waals surface area contributed by atoms with Gasteiger partial charge in [-0.25, -0.2) is 0 Å². The number of esters is 1. The maximum atomic E-state index is 11.3. The van der Waals surface area contributed by atoms with Gasteiger partial charge in [0, 0.05) is 6.42 Å². The fraction of sp³-hybridized carbons (Fsp3) is 0.562. The van der Waals surface area contributed by atoms with Gasteiger partial charge in [0.05, 0.1) is 14.2 Å². The molecule has 0 N–H and O–H groups in total. The van der Waals surface area contributed by atoms with Crippen LogP contribution in [0.5, 0.6) is 5.75 Å². The fourth-order valence-electron chi connectivity index (χ4n) is 2.90. The van der Waals surface area contributed by atoms with Crippen molar-refractivity contribution in [3.8, 4) is 5.75 Å². The Hall–Kier alpha value is -1.51. The fourth-order valence-corrected chi connectivity index (χ4v) is 2.90. The molecule has 0 spiro atoms. The highest BCUT2D eigenvalue weighted by atomic mass is 16.5. The Morgan fingerprint density at radius 2 is 1.74 bits per heavy atom. The van der Waals surface area contributed by atoms with E-state index >= 15 is 0 Å². The van der Waals surface area contributed by atoms with Gasteiger partial charge in [0.25, 0.3) is 0 Å². The van der Waals surface area contributed by atoms with Gasteiger partial charge >= 0.3 is 5.97 Å². The lowest BCUT2D eigenvalue weighted by Gasteiger charge is -2.28. The van der Waals surface area contributed by atoms with E-state index in [0.29, 0.717) is 18.3 Å². The molecule has 0 heterocycles. The quantitative estimate of drug-likeness (QED) is 0.779. The van der Waals surface area contributed by atoms with Gasteiger partial charge in [-0.1, -0.05) is 12.1 Å². The number of carbonyl (C=O) groups excluding carboxylic acids is 1. The molecule has 0 amide bonds. The first-order valence-corrected chi connectivity index (χ1v) is 6.93. The van der Waals surface area contributed by atoms with Crippen LogP contribution in [0.15, 0.2) is 24.3 Å². The molecule has 2 rings (SSSR count). The van der Waals surface area contributed by atoms with Crippen LogP contribution in [0.3, 0.4) is 0 Å². The first kappa shape index (κ1) is 13.9. The Morgan fingerprint density at radius 1 is 1.11 bits per heavy atom. The Morgan fingerprint density at radius 3 is 2.26 bits per heavy atom. The lowest BCUT2D eigenvalue weighted by molar-refractivity contribution is -0.142. The summed E-state index contributed by atoms with van der Waals surface area (Å²) in [5.74, 6) is 1.96. The lowest BCUT2D eigenvalue weighted by Crippen LogP contribution is -2.17. The summed E-state index contributed by atoms with van der Waals surface area (Å²) in [6.45, 7) is 0. The van der Waals surface area contributed by atoms with Crippen molar-refractivity contribution in [2.75, 3.05) is 14.2 Å². The van der Waals surface area contributed by atoms with E-state index in [4.69, 9.17) is 9.47 Å². The molecule has 0 unspecified atom stereocenters. The minimum atomic E-state index is -0.0760. The largest absolute Gasteiger partial charge is 0.497 e. The molecular formula is C16H22O3. The minimum absolute atomic E-state index is 0.0760. The zero-order chi connectivity index (χ0) is 13.7. The molecule has 3 heteroatoms. The molecule has 3 nitrogen and oxygen atoms in total. The van der Waals surface area contributed by atoms with E-state index in [0.717, 1.165) is 31.4 Å². The van der Waals surface area contributed by atoms with Gasteiger partial charge in [-0.05, 0) is 55.2 Å². The van der Waals surface area contributed by atoms with Crippen LogP contribution in [0.1, 0.15) is 43.6 Å². The van der Waals surface area contributed by atoms with E-state index in [9.17, 15) is 4.79 Å². The molecule has 0 radical (unpaired) electrons. The molecule has 1 aliphatic carbocycles. The van der Waals surface area contributed by atoms with E-state index < -0.39 is 0 Å². The van der Waals surface area contributed by atoms with Gasteiger partial charge in [-0.2, -0.15) is 0 Å². The van der Waals surface area contributed by atoms with Gasteiger partial charge in [-0.15, -0.1) is 0 Å². The van der Waals surface area contributed by atoms with Crippen molar-refractivity contribution in [2.24, 2.45) is 5.92 Å². The van der Waals surface area contributed by atoms with Crippen molar-refractivity contribution in [3.63, 3.8) is 0 Å².